The lowest BCUT2D eigenvalue weighted by Gasteiger charge is -2.13. The Morgan fingerprint density at radius 1 is 1.42 bits per heavy atom. The fourth-order valence-corrected chi connectivity index (χ4v) is 2.48. The third-order valence-electron chi connectivity index (χ3n) is 3.76. The van der Waals surface area contributed by atoms with Crippen molar-refractivity contribution in [2.24, 2.45) is 5.92 Å². The number of halogens is 1. The van der Waals surface area contributed by atoms with Gasteiger partial charge >= 0.3 is 0 Å². The Morgan fingerprint density at radius 2 is 2.12 bits per heavy atom. The zero-order chi connectivity index (χ0) is 17.7. The van der Waals surface area contributed by atoms with Crippen molar-refractivity contribution in [1.29, 1.82) is 5.26 Å². The highest BCUT2D eigenvalue weighted by atomic mass is 19.1. The largest absolute Gasteiger partial charge is 0.397 e. The number of nitriles is 1. The van der Waals surface area contributed by atoms with Gasteiger partial charge in [0.15, 0.2) is 0 Å². The van der Waals surface area contributed by atoms with Crippen LogP contribution in [0.3, 0.4) is 0 Å². The lowest BCUT2D eigenvalue weighted by atomic mass is 10.1. The van der Waals surface area contributed by atoms with Gasteiger partial charge in [0.05, 0.1) is 11.4 Å². The molecule has 1 heterocycles. The first-order valence-corrected chi connectivity index (χ1v) is 7.84. The summed E-state index contributed by atoms with van der Waals surface area (Å²) in [4.78, 5) is 12.3. The zero-order valence-corrected chi connectivity index (χ0v) is 13.8. The van der Waals surface area contributed by atoms with Crippen LogP contribution in [0.2, 0.25) is 0 Å². The number of hydrogen-bond donors (Lipinski definition) is 2. The van der Waals surface area contributed by atoms with Crippen molar-refractivity contribution in [3.63, 3.8) is 0 Å². The van der Waals surface area contributed by atoms with Crippen molar-refractivity contribution in [1.82, 2.24) is 4.57 Å². The van der Waals surface area contributed by atoms with Gasteiger partial charge in [-0.3, -0.25) is 4.79 Å². The van der Waals surface area contributed by atoms with Crippen LogP contribution >= 0.6 is 0 Å². The van der Waals surface area contributed by atoms with Crippen molar-refractivity contribution in [2.45, 2.75) is 33.2 Å². The average Bonchev–Trinajstić information content (AvgIpc) is 2.82. The molecule has 2 aromatic rings. The smallest absolute Gasteiger partial charge is 0.244 e. The molecular weight excluding hydrogens is 307 g/mol. The first-order chi connectivity index (χ1) is 11.4. The van der Waals surface area contributed by atoms with Crippen molar-refractivity contribution in [3.8, 4) is 6.07 Å². The molecule has 0 spiro atoms. The number of carbonyl (C=O) groups is 1. The lowest BCUT2D eigenvalue weighted by molar-refractivity contribution is -0.116. The molecular formula is C18H21FN4O. The van der Waals surface area contributed by atoms with Gasteiger partial charge in [-0.15, -0.1) is 0 Å². The predicted octanol–water partition coefficient (Wildman–Crippen LogP) is 3.31. The molecule has 1 amide bonds. The molecule has 0 bridgehead atoms. The van der Waals surface area contributed by atoms with Gasteiger partial charge in [0.25, 0.3) is 0 Å². The summed E-state index contributed by atoms with van der Waals surface area (Å²) < 4.78 is 15.2. The summed E-state index contributed by atoms with van der Waals surface area (Å²) in [6, 6.07) is 9.58. The summed E-state index contributed by atoms with van der Waals surface area (Å²) in [5.74, 6) is -0.429. The molecule has 0 saturated heterocycles. The number of amides is 1. The van der Waals surface area contributed by atoms with Crippen LogP contribution in [-0.2, 0) is 17.8 Å². The van der Waals surface area contributed by atoms with Crippen LogP contribution in [0.4, 0.5) is 15.8 Å². The molecule has 0 fully saturated rings. The molecule has 0 aliphatic heterocycles. The molecule has 126 valence electrons. The molecule has 0 saturated carbocycles. The minimum absolute atomic E-state index is 0.0815. The Labute approximate surface area is 140 Å². The van der Waals surface area contributed by atoms with Gasteiger partial charge in [-0.05, 0) is 37.0 Å². The summed E-state index contributed by atoms with van der Waals surface area (Å²) >= 11 is 0. The molecule has 5 nitrogen and oxygen atoms in total. The highest BCUT2D eigenvalue weighted by Gasteiger charge is 2.16. The predicted molar refractivity (Wildman–Crippen MR) is 91.7 cm³/mol. The van der Waals surface area contributed by atoms with Gasteiger partial charge < -0.3 is 15.6 Å². The van der Waals surface area contributed by atoms with E-state index in [-0.39, 0.29) is 12.2 Å². The number of rotatable bonds is 6. The maximum atomic E-state index is 13.6. The molecule has 2 rings (SSSR count). The summed E-state index contributed by atoms with van der Waals surface area (Å²) in [5, 5.41) is 11.8. The Bertz CT molecular complexity index is 774. The normalized spacial score (nSPS) is 10.6. The first-order valence-electron chi connectivity index (χ1n) is 7.84. The molecule has 1 aromatic carbocycles. The number of hydrogen-bond acceptors (Lipinski definition) is 3. The van der Waals surface area contributed by atoms with Gasteiger partial charge in [-0.25, -0.2) is 4.39 Å². The maximum Gasteiger partial charge on any atom is 0.244 e. The van der Waals surface area contributed by atoms with E-state index in [0.717, 1.165) is 12.1 Å². The van der Waals surface area contributed by atoms with Gasteiger partial charge in [0, 0.05) is 5.69 Å². The number of nitrogens with zero attached hydrogens (tertiary/aromatic N) is 2. The van der Waals surface area contributed by atoms with Crippen LogP contribution in [0.15, 0.2) is 30.3 Å². The molecule has 0 radical (unpaired) electrons. The summed E-state index contributed by atoms with van der Waals surface area (Å²) in [5.41, 5.74) is 7.71. The van der Waals surface area contributed by atoms with Crippen molar-refractivity contribution < 1.29 is 9.18 Å². The van der Waals surface area contributed by atoms with Crippen LogP contribution in [0.1, 0.15) is 31.7 Å². The molecule has 0 unspecified atom stereocenters. The van der Waals surface area contributed by atoms with E-state index >= 15 is 0 Å². The summed E-state index contributed by atoms with van der Waals surface area (Å²) in [6.07, 6.45) is 1.58. The fraction of sp³-hybridized carbons (Fsp3) is 0.333. The number of carbonyl (C=O) groups excluding carboxylic acids is 1. The second-order valence-corrected chi connectivity index (χ2v) is 6.09. The van der Waals surface area contributed by atoms with Gasteiger partial charge in [-0.1, -0.05) is 26.0 Å². The highest BCUT2D eigenvalue weighted by molar-refractivity contribution is 5.91. The van der Waals surface area contributed by atoms with E-state index in [4.69, 9.17) is 5.73 Å². The zero-order valence-electron chi connectivity index (χ0n) is 13.8. The van der Waals surface area contributed by atoms with E-state index in [0.29, 0.717) is 23.7 Å². The highest BCUT2D eigenvalue weighted by Crippen LogP contribution is 2.22. The summed E-state index contributed by atoms with van der Waals surface area (Å²) in [7, 11) is 0. The average molecular weight is 328 g/mol. The van der Waals surface area contributed by atoms with Gasteiger partial charge in [0.2, 0.25) is 5.91 Å². The van der Waals surface area contributed by atoms with Crippen LogP contribution in [0.5, 0.6) is 0 Å². The number of nitrogens with one attached hydrogen (secondary N) is 1. The maximum absolute atomic E-state index is 13.6. The van der Waals surface area contributed by atoms with Crippen molar-refractivity contribution in [2.75, 3.05) is 11.1 Å². The van der Waals surface area contributed by atoms with Crippen LogP contribution < -0.4 is 11.1 Å². The standard InChI is InChI=1S/C18H21FN4O/c1-12(2)7-8-17-15(21)9-13(10-20)23(17)11-18(24)22-16-6-4-3-5-14(16)19/h3-6,9,12H,7-8,11,21H2,1-2H3,(H,22,24). The molecule has 24 heavy (non-hydrogen) atoms. The lowest BCUT2D eigenvalue weighted by Crippen LogP contribution is -2.21. The fourth-order valence-electron chi connectivity index (χ4n) is 2.48. The van der Waals surface area contributed by atoms with Crippen molar-refractivity contribution >= 4 is 17.3 Å². The van der Waals surface area contributed by atoms with E-state index in [1.807, 2.05) is 0 Å². The molecule has 0 atom stereocenters. The van der Waals surface area contributed by atoms with Crippen LogP contribution in [0.25, 0.3) is 0 Å². The Kier molecular flexibility index (Phi) is 5.59. The number of nitrogen functional groups attached to an aromatic ring is 1. The van der Waals surface area contributed by atoms with E-state index < -0.39 is 11.7 Å². The minimum Gasteiger partial charge on any atom is -0.397 e. The van der Waals surface area contributed by atoms with Gasteiger partial charge in [-0.2, -0.15) is 5.26 Å². The first kappa shape index (κ1) is 17.5. The third-order valence-corrected chi connectivity index (χ3v) is 3.76. The quantitative estimate of drug-likeness (QED) is 0.853. The number of para-hydroxylation sites is 1. The Hall–Kier alpha value is -2.81. The number of nitrogens with two attached hydrogens (primary N) is 1. The van der Waals surface area contributed by atoms with E-state index in [1.54, 1.807) is 22.8 Å². The monoisotopic (exact) mass is 328 g/mol. The topological polar surface area (TPSA) is 83.8 Å². The van der Waals surface area contributed by atoms with Crippen LogP contribution in [0, 0.1) is 23.1 Å². The molecule has 1 aromatic heterocycles. The van der Waals surface area contributed by atoms with E-state index in [9.17, 15) is 14.4 Å². The third kappa shape index (κ3) is 4.13. The Morgan fingerprint density at radius 3 is 2.75 bits per heavy atom. The van der Waals surface area contributed by atoms with Crippen molar-refractivity contribution in [3.05, 3.63) is 47.5 Å². The summed E-state index contributed by atoms with van der Waals surface area (Å²) in [6.45, 7) is 4.11. The van der Waals surface area contributed by atoms with Crippen LogP contribution in [-0.4, -0.2) is 10.5 Å². The molecule has 0 aliphatic carbocycles. The SMILES string of the molecule is CC(C)CCc1c(N)cc(C#N)n1CC(=O)Nc1ccccc1F. The minimum atomic E-state index is -0.501. The van der Waals surface area contributed by atoms with Gasteiger partial charge in [0.1, 0.15) is 24.1 Å². The second-order valence-electron chi connectivity index (χ2n) is 6.09. The van der Waals surface area contributed by atoms with E-state index in [2.05, 4.69) is 25.2 Å². The number of benzene rings is 1. The Balaban J connectivity index is 2.20. The second kappa shape index (κ2) is 7.64. The molecule has 0 aliphatic rings. The number of aromatic nitrogens is 1. The van der Waals surface area contributed by atoms with E-state index in [1.165, 1.54) is 12.1 Å². The molecule has 6 heteroatoms. The number of anilines is 2. The molecule has 3 N–H and O–H groups in total.